The van der Waals surface area contributed by atoms with Crippen LogP contribution in [-0.2, 0) is 6.42 Å². The molecule has 0 unspecified atom stereocenters. The maximum atomic E-state index is 10.6. The van der Waals surface area contributed by atoms with Gasteiger partial charge in [0.25, 0.3) is 0 Å². The highest BCUT2D eigenvalue weighted by atomic mass is 32.2. The van der Waals surface area contributed by atoms with Crippen molar-refractivity contribution in [1.29, 1.82) is 0 Å². The zero-order valence-electron chi connectivity index (χ0n) is 19.7. The zero-order valence-corrected chi connectivity index (χ0v) is 20.5. The minimum atomic E-state index is -0.493. The summed E-state index contributed by atoms with van der Waals surface area (Å²) in [7, 11) is 0. The highest BCUT2D eigenvalue weighted by molar-refractivity contribution is 7.99. The summed E-state index contributed by atoms with van der Waals surface area (Å²) in [5.74, 6) is 3.59. The van der Waals surface area contributed by atoms with E-state index in [2.05, 4.69) is 53.9 Å². The second-order valence-corrected chi connectivity index (χ2v) is 11.3. The predicted molar refractivity (Wildman–Crippen MR) is 136 cm³/mol. The average Bonchev–Trinajstić information content (AvgIpc) is 3.29. The molecule has 1 aromatic rings. The van der Waals surface area contributed by atoms with Crippen LogP contribution < -0.4 is 0 Å². The van der Waals surface area contributed by atoms with Gasteiger partial charge in [0, 0.05) is 18.1 Å². The van der Waals surface area contributed by atoms with Gasteiger partial charge in [0.1, 0.15) is 0 Å². The maximum Gasteiger partial charge on any atom is 0.0761 e. The lowest BCUT2D eigenvalue weighted by Crippen LogP contribution is -2.30. The van der Waals surface area contributed by atoms with Crippen molar-refractivity contribution in [2.75, 3.05) is 31.1 Å². The third-order valence-corrected chi connectivity index (χ3v) is 8.68. The number of likely N-dealkylation sites (tertiary alicyclic amines) is 1. The molecule has 0 amide bonds. The van der Waals surface area contributed by atoms with Gasteiger partial charge in [-0.05, 0) is 81.8 Å². The molecule has 1 heterocycles. The molecule has 3 aliphatic rings. The summed E-state index contributed by atoms with van der Waals surface area (Å²) < 4.78 is 0. The summed E-state index contributed by atoms with van der Waals surface area (Å²) in [5.41, 5.74) is 3.96. The van der Waals surface area contributed by atoms with E-state index in [1.54, 1.807) is 5.57 Å². The molecule has 3 nitrogen and oxygen atoms in total. The third kappa shape index (κ3) is 6.72. The Balaban J connectivity index is 1.19. The summed E-state index contributed by atoms with van der Waals surface area (Å²) in [6, 6.07) is 8.33. The number of allylic oxidation sites excluding steroid dienone is 1. The molecular weight excluding hydrogens is 414 g/mol. The molecule has 2 N–H and O–H groups in total. The highest BCUT2D eigenvalue weighted by Crippen LogP contribution is 2.47. The molecular formula is C28H41NO2S. The molecule has 2 aliphatic carbocycles. The molecule has 32 heavy (non-hydrogen) atoms. The molecule has 0 spiro atoms. The number of aliphatic hydroxyl groups excluding tert-OH is 2. The summed E-state index contributed by atoms with van der Waals surface area (Å²) in [5, 5.41) is 21.1. The van der Waals surface area contributed by atoms with Gasteiger partial charge in [-0.1, -0.05) is 60.1 Å². The van der Waals surface area contributed by atoms with Crippen LogP contribution in [0.4, 0.5) is 0 Å². The third-order valence-electron chi connectivity index (χ3n) is 7.53. The topological polar surface area (TPSA) is 43.7 Å². The number of benzene rings is 1. The van der Waals surface area contributed by atoms with E-state index in [0.29, 0.717) is 18.3 Å². The first kappa shape index (κ1) is 24.1. The van der Waals surface area contributed by atoms with Crippen LogP contribution >= 0.6 is 11.8 Å². The van der Waals surface area contributed by atoms with E-state index in [1.165, 1.54) is 56.6 Å². The van der Waals surface area contributed by atoms with Crippen LogP contribution in [0.1, 0.15) is 49.7 Å². The molecule has 1 aliphatic heterocycles. The van der Waals surface area contributed by atoms with Crippen LogP contribution in [0.5, 0.6) is 0 Å². The van der Waals surface area contributed by atoms with Gasteiger partial charge in [0.2, 0.25) is 0 Å². The number of aryl methyl sites for hydroxylation is 1. The van der Waals surface area contributed by atoms with E-state index in [1.807, 2.05) is 12.1 Å². The number of hydrogen-bond donors (Lipinski definition) is 2. The molecule has 4 rings (SSSR count). The van der Waals surface area contributed by atoms with Crippen molar-refractivity contribution < 1.29 is 10.2 Å². The van der Waals surface area contributed by atoms with E-state index < -0.39 is 6.10 Å². The molecule has 1 saturated heterocycles. The number of piperidine rings is 1. The maximum absolute atomic E-state index is 10.6. The van der Waals surface area contributed by atoms with Gasteiger partial charge in [-0.25, -0.2) is 0 Å². The zero-order chi connectivity index (χ0) is 22.3. The van der Waals surface area contributed by atoms with Gasteiger partial charge >= 0.3 is 0 Å². The fraction of sp³-hybridized carbons (Fsp3) is 0.643. The number of nitrogens with zero attached hydrogens (tertiary/aromatic N) is 1. The Kier molecular flexibility index (Phi) is 8.93. The Morgan fingerprint density at radius 3 is 2.88 bits per heavy atom. The van der Waals surface area contributed by atoms with Crippen LogP contribution in [0.15, 0.2) is 48.1 Å². The van der Waals surface area contributed by atoms with E-state index in [-0.39, 0.29) is 12.0 Å². The minimum Gasteiger partial charge on any atom is -0.392 e. The monoisotopic (exact) mass is 455 g/mol. The second kappa shape index (κ2) is 11.9. The van der Waals surface area contributed by atoms with Crippen LogP contribution in [0, 0.1) is 24.7 Å². The highest BCUT2D eigenvalue weighted by Gasteiger charge is 2.43. The van der Waals surface area contributed by atoms with Crippen molar-refractivity contribution >= 4 is 11.8 Å². The number of hydrogen-bond acceptors (Lipinski definition) is 4. The van der Waals surface area contributed by atoms with E-state index in [4.69, 9.17) is 0 Å². The van der Waals surface area contributed by atoms with Crippen LogP contribution in [0.3, 0.4) is 0 Å². The van der Waals surface area contributed by atoms with E-state index in [9.17, 15) is 10.2 Å². The molecule has 1 saturated carbocycles. The van der Waals surface area contributed by atoms with Crippen LogP contribution in [-0.4, -0.2) is 58.5 Å². The number of aliphatic hydroxyl groups is 2. The minimum absolute atomic E-state index is 0.171. The van der Waals surface area contributed by atoms with Crippen LogP contribution in [0.25, 0.3) is 0 Å². The SMILES string of the molecule is Cc1cccc(C[C@@H](O)/C=C/[C@@H]2[C@H]3CC(CSCCCN4CCCCC4)=C[C@H]3C[C@H]2O)c1. The molecule has 5 atom stereocenters. The molecule has 0 aromatic heterocycles. The predicted octanol–water partition coefficient (Wildman–Crippen LogP) is 5.01. The first-order valence-electron chi connectivity index (χ1n) is 12.7. The van der Waals surface area contributed by atoms with Crippen molar-refractivity contribution in [2.45, 2.75) is 64.1 Å². The second-order valence-electron chi connectivity index (χ2n) is 10.2. The fourth-order valence-electron chi connectivity index (χ4n) is 5.89. The molecule has 4 heteroatoms. The molecule has 1 aromatic carbocycles. The Labute approximate surface area is 199 Å². The number of thioether (sulfide) groups is 1. The molecule has 0 radical (unpaired) electrons. The number of fused-ring (bicyclic) bond motifs is 1. The Morgan fingerprint density at radius 2 is 2.06 bits per heavy atom. The van der Waals surface area contributed by atoms with Gasteiger partial charge in [0.15, 0.2) is 0 Å². The van der Waals surface area contributed by atoms with Crippen molar-refractivity contribution in [3.63, 3.8) is 0 Å². The fourth-order valence-corrected chi connectivity index (χ4v) is 6.85. The van der Waals surface area contributed by atoms with Crippen LogP contribution in [0.2, 0.25) is 0 Å². The van der Waals surface area contributed by atoms with Crippen molar-refractivity contribution in [3.05, 3.63) is 59.2 Å². The number of rotatable bonds is 10. The lowest BCUT2D eigenvalue weighted by molar-refractivity contribution is 0.140. The summed E-state index contributed by atoms with van der Waals surface area (Å²) in [4.78, 5) is 2.63. The van der Waals surface area contributed by atoms with E-state index >= 15 is 0 Å². The van der Waals surface area contributed by atoms with Gasteiger partial charge in [0.05, 0.1) is 12.2 Å². The molecule has 176 valence electrons. The van der Waals surface area contributed by atoms with Crippen molar-refractivity contribution in [3.8, 4) is 0 Å². The lowest BCUT2D eigenvalue weighted by Gasteiger charge is -2.26. The largest absolute Gasteiger partial charge is 0.392 e. The average molecular weight is 456 g/mol. The van der Waals surface area contributed by atoms with Gasteiger partial charge < -0.3 is 15.1 Å². The molecule has 2 fully saturated rings. The summed E-state index contributed by atoms with van der Waals surface area (Å²) in [6.45, 7) is 5.95. The van der Waals surface area contributed by atoms with Gasteiger partial charge in [-0.3, -0.25) is 0 Å². The first-order valence-corrected chi connectivity index (χ1v) is 13.8. The standard InChI is InChI=1S/C28H41NO2S/c1-21-7-5-8-22(15-21)17-25(30)9-10-26-27-18-23(16-24(27)19-28(26)31)20-32-14-6-13-29-11-3-2-4-12-29/h5,7-10,15-16,24-28,30-31H,2-4,6,11-14,17-20H2,1H3/b10-9+/t24-,25-,26+,27-,28+/m0/s1. The Hall–Kier alpha value is -1.07. The Bertz CT molecular complexity index is 785. The molecule has 0 bridgehead atoms. The Morgan fingerprint density at radius 1 is 1.22 bits per heavy atom. The van der Waals surface area contributed by atoms with Crippen molar-refractivity contribution in [2.24, 2.45) is 17.8 Å². The normalized spacial score (nSPS) is 29.4. The lowest BCUT2D eigenvalue weighted by atomic mass is 9.89. The quantitative estimate of drug-likeness (QED) is 0.385. The summed E-state index contributed by atoms with van der Waals surface area (Å²) >= 11 is 2.08. The smallest absolute Gasteiger partial charge is 0.0761 e. The van der Waals surface area contributed by atoms with Gasteiger partial charge in [-0.2, -0.15) is 11.8 Å². The first-order chi connectivity index (χ1) is 15.6. The van der Waals surface area contributed by atoms with E-state index in [0.717, 1.165) is 24.2 Å². The van der Waals surface area contributed by atoms with Crippen molar-refractivity contribution in [1.82, 2.24) is 4.90 Å². The van der Waals surface area contributed by atoms with Gasteiger partial charge in [-0.15, -0.1) is 0 Å². The summed E-state index contributed by atoms with van der Waals surface area (Å²) in [6.07, 6.45) is 13.8.